The van der Waals surface area contributed by atoms with E-state index in [1.807, 2.05) is 0 Å². The van der Waals surface area contributed by atoms with Gasteiger partial charge in [-0.3, -0.25) is 9.59 Å². The maximum atomic E-state index is 13.5. The molecule has 0 spiro atoms. The molecule has 0 radical (unpaired) electrons. The lowest BCUT2D eigenvalue weighted by atomic mass is 10.1. The zero-order valence-electron chi connectivity index (χ0n) is 15.9. The topological polar surface area (TPSA) is 67.4 Å². The quantitative estimate of drug-likeness (QED) is 0.532. The van der Waals surface area contributed by atoms with Crippen molar-refractivity contribution in [3.05, 3.63) is 89.7 Å². The molecule has 9 heteroatoms. The first kappa shape index (κ1) is 21.8. The van der Waals surface area contributed by atoms with Crippen LogP contribution in [0.4, 0.5) is 28.9 Å². The highest BCUT2D eigenvalue weighted by Crippen LogP contribution is 2.30. The van der Waals surface area contributed by atoms with Gasteiger partial charge in [0.05, 0.1) is 5.56 Å². The summed E-state index contributed by atoms with van der Waals surface area (Å²) in [7, 11) is 0. The van der Waals surface area contributed by atoms with Crippen molar-refractivity contribution in [2.75, 3.05) is 17.2 Å². The highest BCUT2D eigenvalue weighted by Gasteiger charge is 2.30. The number of benzene rings is 3. The Kier molecular flexibility index (Phi) is 6.54. The van der Waals surface area contributed by atoms with E-state index in [2.05, 4.69) is 10.6 Å². The first-order valence-corrected chi connectivity index (χ1v) is 8.98. The van der Waals surface area contributed by atoms with E-state index in [0.29, 0.717) is 0 Å². The van der Waals surface area contributed by atoms with Gasteiger partial charge in [-0.15, -0.1) is 0 Å². The second-order valence-corrected chi connectivity index (χ2v) is 6.38. The highest BCUT2D eigenvalue weighted by molar-refractivity contribution is 6.05. The molecule has 0 aliphatic carbocycles. The van der Waals surface area contributed by atoms with Gasteiger partial charge in [-0.05, 0) is 48.5 Å². The van der Waals surface area contributed by atoms with Crippen molar-refractivity contribution < 1.29 is 31.9 Å². The average molecular weight is 432 g/mol. The maximum Gasteiger partial charge on any atom is 0.416 e. The lowest BCUT2D eigenvalue weighted by Gasteiger charge is -2.11. The third kappa shape index (κ3) is 6.05. The number of ether oxygens (including phenoxy) is 1. The molecule has 0 aliphatic rings. The summed E-state index contributed by atoms with van der Waals surface area (Å²) in [5, 5.41) is 4.89. The van der Waals surface area contributed by atoms with Crippen LogP contribution in [0.1, 0.15) is 15.9 Å². The Balaban J connectivity index is 1.62. The molecule has 3 rings (SSSR count). The fourth-order valence-electron chi connectivity index (χ4n) is 2.62. The molecule has 0 aromatic heterocycles. The standard InChI is InChI=1S/C22H16F4N2O3/c23-18-9-1-2-10-19(18)31-13-20(29)27-16-7-3-5-14(11-16)21(30)28-17-8-4-6-15(12-17)22(24,25)26/h1-12H,13H2,(H,27,29)(H,28,30). The summed E-state index contributed by atoms with van der Waals surface area (Å²) in [5.41, 5.74) is -0.530. The number of halogens is 4. The van der Waals surface area contributed by atoms with Gasteiger partial charge in [0.15, 0.2) is 18.2 Å². The molecule has 0 unspecified atom stereocenters. The molecule has 3 aromatic carbocycles. The Morgan fingerprint density at radius 3 is 2.23 bits per heavy atom. The monoisotopic (exact) mass is 432 g/mol. The molecular formula is C22H16F4N2O3. The summed E-state index contributed by atoms with van der Waals surface area (Å²) in [4.78, 5) is 24.4. The predicted molar refractivity (Wildman–Crippen MR) is 106 cm³/mol. The number of alkyl halides is 3. The summed E-state index contributed by atoms with van der Waals surface area (Å²) >= 11 is 0. The van der Waals surface area contributed by atoms with Crippen molar-refractivity contribution in [2.45, 2.75) is 6.18 Å². The van der Waals surface area contributed by atoms with Crippen molar-refractivity contribution in [3.63, 3.8) is 0 Å². The summed E-state index contributed by atoms with van der Waals surface area (Å²) in [6, 6.07) is 15.7. The average Bonchev–Trinajstić information content (AvgIpc) is 2.73. The van der Waals surface area contributed by atoms with Crippen LogP contribution < -0.4 is 15.4 Å². The number of carbonyl (C=O) groups excluding carboxylic acids is 2. The summed E-state index contributed by atoms with van der Waals surface area (Å²) in [6.45, 7) is -0.457. The number of nitrogens with one attached hydrogen (secondary N) is 2. The van der Waals surface area contributed by atoms with Crippen LogP contribution in [0.5, 0.6) is 5.75 Å². The van der Waals surface area contributed by atoms with Gasteiger partial charge in [0, 0.05) is 16.9 Å². The largest absolute Gasteiger partial charge is 0.481 e. The van der Waals surface area contributed by atoms with Crippen LogP contribution in [0.15, 0.2) is 72.8 Å². The molecular weight excluding hydrogens is 416 g/mol. The van der Waals surface area contributed by atoms with Gasteiger partial charge in [-0.2, -0.15) is 13.2 Å². The van der Waals surface area contributed by atoms with Gasteiger partial charge in [0.1, 0.15) is 0 Å². The van der Waals surface area contributed by atoms with Crippen molar-refractivity contribution >= 4 is 23.2 Å². The second kappa shape index (κ2) is 9.29. The van der Waals surface area contributed by atoms with E-state index in [0.717, 1.165) is 12.1 Å². The Hall–Kier alpha value is -3.88. The number of carbonyl (C=O) groups is 2. The van der Waals surface area contributed by atoms with Crippen LogP contribution in [-0.4, -0.2) is 18.4 Å². The molecule has 0 aliphatic heterocycles. The van der Waals surface area contributed by atoms with Crippen LogP contribution in [0.25, 0.3) is 0 Å². The van der Waals surface area contributed by atoms with Crippen LogP contribution >= 0.6 is 0 Å². The number of amides is 2. The van der Waals surface area contributed by atoms with Gasteiger partial charge in [-0.25, -0.2) is 4.39 Å². The Bertz CT molecular complexity index is 1100. The second-order valence-electron chi connectivity index (χ2n) is 6.38. The van der Waals surface area contributed by atoms with Gasteiger partial charge >= 0.3 is 6.18 Å². The Morgan fingerprint density at radius 1 is 0.839 bits per heavy atom. The van der Waals surface area contributed by atoms with Crippen LogP contribution in [0, 0.1) is 5.82 Å². The van der Waals surface area contributed by atoms with Gasteiger partial charge in [0.25, 0.3) is 11.8 Å². The third-order valence-electron chi connectivity index (χ3n) is 4.05. The minimum absolute atomic E-state index is 0.0208. The number of hydrogen-bond acceptors (Lipinski definition) is 3. The van der Waals surface area contributed by atoms with E-state index in [9.17, 15) is 27.2 Å². The number of anilines is 2. The SMILES string of the molecule is O=C(COc1ccccc1F)Nc1cccc(C(=O)Nc2cccc(C(F)(F)F)c2)c1. The van der Waals surface area contributed by atoms with Gasteiger partial charge < -0.3 is 15.4 Å². The normalized spacial score (nSPS) is 11.0. The number of hydrogen-bond donors (Lipinski definition) is 2. The van der Waals surface area contributed by atoms with Crippen molar-refractivity contribution in [1.82, 2.24) is 0 Å². The van der Waals surface area contributed by atoms with Gasteiger partial charge in [0.2, 0.25) is 0 Å². The molecule has 0 heterocycles. The minimum Gasteiger partial charge on any atom is -0.481 e. The lowest BCUT2D eigenvalue weighted by molar-refractivity contribution is -0.137. The Morgan fingerprint density at radius 2 is 1.52 bits per heavy atom. The molecule has 5 nitrogen and oxygen atoms in total. The molecule has 0 bridgehead atoms. The lowest BCUT2D eigenvalue weighted by Crippen LogP contribution is -2.21. The molecule has 31 heavy (non-hydrogen) atoms. The first-order chi connectivity index (χ1) is 14.7. The minimum atomic E-state index is -4.53. The zero-order chi connectivity index (χ0) is 22.4. The summed E-state index contributed by atoms with van der Waals surface area (Å²) in [5.74, 6) is -1.92. The van der Waals surface area contributed by atoms with Crippen molar-refractivity contribution in [1.29, 1.82) is 0 Å². The fourth-order valence-corrected chi connectivity index (χ4v) is 2.62. The van der Waals surface area contributed by atoms with Gasteiger partial charge in [-0.1, -0.05) is 24.3 Å². The van der Waals surface area contributed by atoms with E-state index in [-0.39, 0.29) is 22.7 Å². The van der Waals surface area contributed by atoms with E-state index < -0.39 is 36.0 Å². The molecule has 0 fully saturated rings. The molecule has 0 saturated carbocycles. The zero-order valence-corrected chi connectivity index (χ0v) is 15.9. The van der Waals surface area contributed by atoms with E-state index >= 15 is 0 Å². The fraction of sp³-hybridized carbons (Fsp3) is 0.0909. The summed E-state index contributed by atoms with van der Waals surface area (Å²) < 4.78 is 57.1. The molecule has 3 aromatic rings. The van der Waals surface area contributed by atoms with Crippen LogP contribution in [0.3, 0.4) is 0 Å². The van der Waals surface area contributed by atoms with Crippen LogP contribution in [0.2, 0.25) is 0 Å². The molecule has 160 valence electrons. The number of rotatable bonds is 6. The number of para-hydroxylation sites is 1. The molecule has 2 amide bonds. The van der Waals surface area contributed by atoms with E-state index in [1.165, 1.54) is 54.6 Å². The smallest absolute Gasteiger partial charge is 0.416 e. The van der Waals surface area contributed by atoms with Crippen molar-refractivity contribution in [2.24, 2.45) is 0 Å². The molecule has 2 N–H and O–H groups in total. The van der Waals surface area contributed by atoms with Crippen molar-refractivity contribution in [3.8, 4) is 5.75 Å². The first-order valence-electron chi connectivity index (χ1n) is 8.98. The Labute approximate surface area is 174 Å². The van der Waals surface area contributed by atoms with Crippen LogP contribution in [-0.2, 0) is 11.0 Å². The molecule has 0 atom stereocenters. The predicted octanol–water partition coefficient (Wildman–Crippen LogP) is 5.11. The highest BCUT2D eigenvalue weighted by atomic mass is 19.4. The van der Waals surface area contributed by atoms with E-state index in [4.69, 9.17) is 4.74 Å². The maximum absolute atomic E-state index is 13.5. The third-order valence-corrected chi connectivity index (χ3v) is 4.05. The summed E-state index contributed by atoms with van der Waals surface area (Å²) in [6.07, 6.45) is -4.53. The van der Waals surface area contributed by atoms with E-state index in [1.54, 1.807) is 6.07 Å². The molecule has 0 saturated heterocycles.